The number of hydrogen-bond acceptors (Lipinski definition) is 5. The van der Waals surface area contributed by atoms with E-state index < -0.39 is 21.8 Å². The number of sulfonamides is 1. The van der Waals surface area contributed by atoms with Crippen LogP contribution in [0.5, 0.6) is 0 Å². The number of hydrogen-bond donors (Lipinski definition) is 0. The molecule has 1 saturated heterocycles. The van der Waals surface area contributed by atoms with E-state index in [0.29, 0.717) is 24.5 Å². The van der Waals surface area contributed by atoms with Gasteiger partial charge < -0.3 is 0 Å². The Labute approximate surface area is 172 Å². The summed E-state index contributed by atoms with van der Waals surface area (Å²) < 4.78 is 41.2. The zero-order valence-electron chi connectivity index (χ0n) is 15.8. The minimum absolute atomic E-state index is 0.0338. The Morgan fingerprint density at radius 2 is 1.93 bits per heavy atom. The highest BCUT2D eigenvalue weighted by Crippen LogP contribution is 2.31. The number of rotatable bonds is 4. The second-order valence-corrected chi connectivity index (χ2v) is 9.96. The zero-order valence-corrected chi connectivity index (χ0v) is 17.4. The quantitative estimate of drug-likeness (QED) is 0.631. The first-order valence-electron chi connectivity index (χ1n) is 9.25. The van der Waals surface area contributed by atoms with Crippen LogP contribution in [0.3, 0.4) is 0 Å². The maximum absolute atomic E-state index is 13.1. The molecule has 1 aliphatic rings. The smallest absolute Gasteiger partial charge is 0.243 e. The summed E-state index contributed by atoms with van der Waals surface area (Å²) in [4.78, 5) is 19.1. The number of halogens is 1. The average molecular weight is 434 g/mol. The molecular weight excluding hydrogens is 413 g/mol. The summed E-state index contributed by atoms with van der Waals surface area (Å²) in [6, 6.07) is 12.4. The zero-order chi connectivity index (χ0) is 20.6. The predicted octanol–water partition coefficient (Wildman–Crippen LogP) is 3.50. The third-order valence-corrected chi connectivity index (χ3v) is 8.08. The Morgan fingerprint density at radius 1 is 1.21 bits per heavy atom. The Balaban J connectivity index is 1.52. The van der Waals surface area contributed by atoms with E-state index in [9.17, 15) is 17.6 Å². The molecule has 2 heterocycles. The fourth-order valence-corrected chi connectivity index (χ4v) is 5.95. The van der Waals surface area contributed by atoms with Crippen LogP contribution in [-0.2, 0) is 14.8 Å². The van der Waals surface area contributed by atoms with E-state index in [1.165, 1.54) is 32.7 Å². The summed E-state index contributed by atoms with van der Waals surface area (Å²) in [6.07, 6.45) is 1.20. The molecule has 1 aromatic heterocycles. The summed E-state index contributed by atoms with van der Waals surface area (Å²) >= 11 is 1.43. The Hall–Kier alpha value is -2.36. The molecule has 0 spiro atoms. The van der Waals surface area contributed by atoms with E-state index in [1.807, 2.05) is 24.3 Å². The number of para-hydroxylation sites is 1. The van der Waals surface area contributed by atoms with Crippen molar-refractivity contribution in [2.24, 2.45) is 5.92 Å². The van der Waals surface area contributed by atoms with Crippen molar-refractivity contribution in [3.05, 3.63) is 54.3 Å². The van der Waals surface area contributed by atoms with Crippen molar-refractivity contribution in [3.8, 4) is 0 Å². The van der Waals surface area contributed by atoms with Crippen LogP contribution in [0.25, 0.3) is 10.2 Å². The third kappa shape index (κ3) is 3.90. The van der Waals surface area contributed by atoms with Crippen molar-refractivity contribution >= 4 is 42.6 Å². The molecule has 1 atom stereocenters. The lowest BCUT2D eigenvalue weighted by molar-refractivity contribution is -0.123. The SMILES string of the molecule is CN(C(=O)C1CCCN(S(=O)(=O)c2ccc(F)cc2)C1)c1nc2ccccc2s1. The molecule has 152 valence electrons. The highest BCUT2D eigenvalue weighted by molar-refractivity contribution is 7.89. The van der Waals surface area contributed by atoms with Gasteiger partial charge in [0.05, 0.1) is 21.0 Å². The minimum Gasteiger partial charge on any atom is -0.291 e. The van der Waals surface area contributed by atoms with Crippen LogP contribution < -0.4 is 4.90 Å². The van der Waals surface area contributed by atoms with Crippen LogP contribution in [0, 0.1) is 11.7 Å². The predicted molar refractivity (Wildman–Crippen MR) is 111 cm³/mol. The summed E-state index contributed by atoms with van der Waals surface area (Å²) in [5.74, 6) is -1.09. The average Bonchev–Trinajstić information content (AvgIpc) is 3.17. The lowest BCUT2D eigenvalue weighted by atomic mass is 9.98. The van der Waals surface area contributed by atoms with Crippen molar-refractivity contribution in [1.29, 1.82) is 0 Å². The summed E-state index contributed by atoms with van der Waals surface area (Å²) in [5.41, 5.74) is 0.830. The largest absolute Gasteiger partial charge is 0.291 e. The number of carbonyl (C=O) groups is 1. The summed E-state index contributed by atoms with van der Waals surface area (Å²) in [6.45, 7) is 0.447. The van der Waals surface area contributed by atoms with Gasteiger partial charge in [0, 0.05) is 20.1 Å². The van der Waals surface area contributed by atoms with E-state index in [0.717, 1.165) is 22.3 Å². The van der Waals surface area contributed by atoms with Gasteiger partial charge in [0.15, 0.2) is 5.13 Å². The van der Waals surface area contributed by atoms with E-state index in [-0.39, 0.29) is 17.3 Å². The van der Waals surface area contributed by atoms with E-state index in [4.69, 9.17) is 0 Å². The van der Waals surface area contributed by atoms with Gasteiger partial charge in [-0.25, -0.2) is 17.8 Å². The molecule has 1 unspecified atom stereocenters. The van der Waals surface area contributed by atoms with Gasteiger partial charge in [0.2, 0.25) is 15.9 Å². The minimum atomic E-state index is -3.77. The fraction of sp³-hybridized carbons (Fsp3) is 0.300. The molecular formula is C20H20FN3O3S2. The van der Waals surface area contributed by atoms with Crippen molar-refractivity contribution in [1.82, 2.24) is 9.29 Å². The molecule has 29 heavy (non-hydrogen) atoms. The Kier molecular flexibility index (Phi) is 5.37. The molecule has 0 aliphatic carbocycles. The summed E-state index contributed by atoms with van der Waals surface area (Å²) in [7, 11) is -2.10. The summed E-state index contributed by atoms with van der Waals surface area (Å²) in [5, 5.41) is 0.592. The van der Waals surface area contributed by atoms with Gasteiger partial charge in [-0.1, -0.05) is 23.5 Å². The molecule has 0 radical (unpaired) electrons. The monoisotopic (exact) mass is 433 g/mol. The van der Waals surface area contributed by atoms with Crippen molar-refractivity contribution in [2.75, 3.05) is 25.0 Å². The Bertz CT molecular complexity index is 1110. The third-order valence-electron chi connectivity index (χ3n) is 5.08. The van der Waals surface area contributed by atoms with Crippen LogP contribution in [0.2, 0.25) is 0 Å². The Morgan fingerprint density at radius 3 is 2.66 bits per heavy atom. The van der Waals surface area contributed by atoms with Crippen molar-refractivity contribution < 1.29 is 17.6 Å². The topological polar surface area (TPSA) is 70.6 Å². The van der Waals surface area contributed by atoms with Gasteiger partial charge in [0.25, 0.3) is 0 Å². The molecule has 0 N–H and O–H groups in total. The number of benzene rings is 2. The van der Waals surface area contributed by atoms with Crippen LogP contribution in [-0.4, -0.2) is 43.8 Å². The van der Waals surface area contributed by atoms with Crippen LogP contribution in [0.4, 0.5) is 9.52 Å². The van der Waals surface area contributed by atoms with Crippen molar-refractivity contribution in [2.45, 2.75) is 17.7 Å². The van der Waals surface area contributed by atoms with E-state index in [2.05, 4.69) is 4.98 Å². The molecule has 0 saturated carbocycles. The number of carbonyl (C=O) groups excluding carboxylic acids is 1. The van der Waals surface area contributed by atoms with Crippen LogP contribution in [0.15, 0.2) is 53.4 Å². The van der Waals surface area contributed by atoms with Gasteiger partial charge in [-0.2, -0.15) is 4.31 Å². The normalized spacial score (nSPS) is 18.1. The molecule has 1 aliphatic heterocycles. The van der Waals surface area contributed by atoms with E-state index >= 15 is 0 Å². The number of anilines is 1. The molecule has 9 heteroatoms. The number of aromatic nitrogens is 1. The van der Waals surface area contributed by atoms with Gasteiger partial charge in [-0.15, -0.1) is 0 Å². The van der Waals surface area contributed by atoms with Gasteiger partial charge >= 0.3 is 0 Å². The highest BCUT2D eigenvalue weighted by atomic mass is 32.2. The van der Waals surface area contributed by atoms with Gasteiger partial charge in [-0.3, -0.25) is 9.69 Å². The molecule has 0 bridgehead atoms. The maximum atomic E-state index is 13.1. The van der Waals surface area contributed by atoms with Gasteiger partial charge in [-0.05, 0) is 49.2 Å². The number of piperidine rings is 1. The molecule has 1 fully saturated rings. The molecule has 3 aromatic rings. The van der Waals surface area contributed by atoms with Gasteiger partial charge in [0.1, 0.15) is 5.82 Å². The molecule has 6 nitrogen and oxygen atoms in total. The molecule has 2 aromatic carbocycles. The van der Waals surface area contributed by atoms with Crippen LogP contribution >= 0.6 is 11.3 Å². The number of nitrogens with zero attached hydrogens (tertiary/aromatic N) is 3. The maximum Gasteiger partial charge on any atom is 0.243 e. The second kappa shape index (κ2) is 7.81. The first kappa shape index (κ1) is 19.9. The standard InChI is InChI=1S/C20H20FN3O3S2/c1-23(20-22-17-6-2-3-7-18(17)28-20)19(25)14-5-4-12-24(13-14)29(26,27)16-10-8-15(21)9-11-16/h2-3,6-11,14H,4-5,12-13H2,1H3. The lowest BCUT2D eigenvalue weighted by Crippen LogP contribution is -2.45. The highest BCUT2D eigenvalue weighted by Gasteiger charge is 2.35. The number of fused-ring (bicyclic) bond motifs is 1. The van der Waals surface area contributed by atoms with Crippen molar-refractivity contribution in [3.63, 3.8) is 0 Å². The molecule has 4 rings (SSSR count). The lowest BCUT2D eigenvalue weighted by Gasteiger charge is -2.32. The molecule has 1 amide bonds. The van der Waals surface area contributed by atoms with Crippen LogP contribution in [0.1, 0.15) is 12.8 Å². The number of thiazole rings is 1. The first-order chi connectivity index (χ1) is 13.9. The first-order valence-corrected chi connectivity index (χ1v) is 11.5. The number of amides is 1. The second-order valence-electron chi connectivity index (χ2n) is 7.02. The van der Waals surface area contributed by atoms with E-state index in [1.54, 1.807) is 7.05 Å². The fourth-order valence-electron chi connectivity index (χ4n) is 3.49.